The Morgan fingerprint density at radius 1 is 0.354 bits per heavy atom. The van der Waals surface area contributed by atoms with E-state index in [9.17, 15) is 52.0 Å². The van der Waals surface area contributed by atoms with E-state index < -0.39 is 110 Å². The van der Waals surface area contributed by atoms with E-state index in [2.05, 4.69) is 0 Å². The maximum Gasteiger partial charge on any atom is 0.442 e. The molecule has 0 aliphatic heterocycles. The molecule has 0 saturated carbocycles. The van der Waals surface area contributed by atoms with Crippen LogP contribution in [0.2, 0.25) is 0 Å². The highest BCUT2D eigenvalue weighted by molar-refractivity contribution is 8.03. The van der Waals surface area contributed by atoms with Crippen molar-refractivity contribution in [2.24, 2.45) is 0 Å². The van der Waals surface area contributed by atoms with Crippen LogP contribution in [0.4, 0.5) is 70.2 Å². The minimum atomic E-state index is -6.80. The van der Waals surface area contributed by atoms with Crippen LogP contribution in [0.3, 0.4) is 0 Å². The highest BCUT2D eigenvalue weighted by Gasteiger charge is 2.74. The normalized spacial score (nSPS) is 13.7. The third-order valence-corrected chi connectivity index (χ3v) is 19.1. The van der Waals surface area contributed by atoms with E-state index in [0.29, 0.717) is 89.0 Å². The highest BCUT2D eigenvalue weighted by Crippen LogP contribution is 2.59. The molecule has 0 bridgehead atoms. The number of thioether (sulfide) groups is 1. The molecular weight excluding hydrogens is 1200 g/mol. The van der Waals surface area contributed by atoms with Crippen LogP contribution in [0.5, 0.6) is 0 Å². The average Bonchev–Trinajstić information content (AvgIpc) is 3.55. The number of hydrogen-bond acceptors (Lipinski definition) is 8. The summed E-state index contributed by atoms with van der Waals surface area (Å²) in [6.07, 6.45) is -24.1. The van der Waals surface area contributed by atoms with Crippen molar-refractivity contribution in [3.8, 4) is 0 Å². The highest BCUT2D eigenvalue weighted by atomic mass is 32.2. The van der Waals surface area contributed by atoms with Crippen molar-refractivity contribution in [1.29, 1.82) is 0 Å². The molecule has 1 N–H and O–H groups in total. The largest absolute Gasteiger partial charge is 0.442 e. The zero-order chi connectivity index (χ0) is 58.6. The van der Waals surface area contributed by atoms with Gasteiger partial charge in [0.1, 0.15) is 0 Å². The summed E-state index contributed by atoms with van der Waals surface area (Å²) >= 11 is 0.612. The van der Waals surface area contributed by atoms with Crippen LogP contribution in [-0.2, 0) is 30.8 Å². The maximum atomic E-state index is 15.2. The summed E-state index contributed by atoms with van der Waals surface area (Å²) in [6, 6.07) is 25.4. The molecule has 7 aromatic rings. The standard InChI is InChI=1S/C52H34F16O5S6/c1-30-3-7-32(8-4-30)45(47(53,54)55,48(56,57)58)35-13-19-39(20-14-35)76-44-29-40(23-28-43(44)77-51(65,66)52(67,68)79(71,72)73)75-37-17-11-34(12-18-37)46(49(59,60)61,50(62,63)64)33-9-15-36(16-10-33)74-38-21-26-42(27-22-38)78(69,70)41-24-5-31(2)6-25-41/h3-29H,1-2H3,(H,71,72,73). The Hall–Kier alpha value is -5.32. The van der Waals surface area contributed by atoms with Gasteiger partial charge in [0.2, 0.25) is 20.7 Å². The quantitative estimate of drug-likeness (QED) is 0.0577. The van der Waals surface area contributed by atoms with E-state index >= 15 is 35.1 Å². The Balaban J connectivity index is 1.20. The second-order valence-electron chi connectivity index (χ2n) is 17.2. The summed E-state index contributed by atoms with van der Waals surface area (Å²) in [5.41, 5.74) is -13.3. The molecule has 0 heterocycles. The van der Waals surface area contributed by atoms with Crippen molar-refractivity contribution in [2.45, 2.75) is 104 Å². The number of sulfone groups is 1. The number of hydrogen-bond donors (Lipinski definition) is 1. The van der Waals surface area contributed by atoms with Gasteiger partial charge in [0.25, 0.3) is 0 Å². The van der Waals surface area contributed by atoms with Crippen LogP contribution in [0, 0.1) is 13.8 Å². The topological polar surface area (TPSA) is 88.5 Å². The molecule has 0 saturated heterocycles. The van der Waals surface area contributed by atoms with E-state index in [0.717, 1.165) is 65.9 Å². The van der Waals surface area contributed by atoms with E-state index in [1.807, 2.05) is 0 Å². The van der Waals surface area contributed by atoms with E-state index in [1.165, 1.54) is 43.3 Å². The van der Waals surface area contributed by atoms with Gasteiger partial charge in [-0.15, -0.1) is 0 Å². The molecule has 0 aliphatic rings. The van der Waals surface area contributed by atoms with Crippen LogP contribution in [0.25, 0.3) is 0 Å². The smallest absolute Gasteiger partial charge is 0.281 e. The van der Waals surface area contributed by atoms with Gasteiger partial charge in [-0.05, 0) is 139 Å². The fourth-order valence-corrected chi connectivity index (χ4v) is 13.7. The Labute approximate surface area is 457 Å². The Morgan fingerprint density at radius 3 is 0.975 bits per heavy atom. The number of rotatable bonds is 16. The second-order valence-corrected chi connectivity index (χ2v) is 25.2. The Kier molecular flexibility index (Phi) is 17.0. The van der Waals surface area contributed by atoms with Crippen LogP contribution in [0.1, 0.15) is 33.4 Å². The number of alkyl halides is 16. The molecule has 0 unspecified atom stereocenters. The molecule has 0 aliphatic carbocycles. The number of aryl methyl sites for hydroxylation is 2. The van der Waals surface area contributed by atoms with Gasteiger partial charge in [0, 0.05) is 34.3 Å². The first kappa shape index (κ1) is 61.3. The van der Waals surface area contributed by atoms with Crippen LogP contribution in [-0.4, -0.2) is 56.6 Å². The van der Waals surface area contributed by atoms with Gasteiger partial charge >= 0.3 is 45.3 Å². The minimum absolute atomic E-state index is 0.0190. The molecule has 0 amide bonds. The van der Waals surface area contributed by atoms with Gasteiger partial charge in [-0.1, -0.05) is 119 Å². The number of halogens is 16. The third-order valence-electron chi connectivity index (χ3n) is 12.0. The summed E-state index contributed by atoms with van der Waals surface area (Å²) in [4.78, 5) is -1.53. The van der Waals surface area contributed by atoms with Gasteiger partial charge in [-0.25, -0.2) is 8.42 Å². The molecule has 5 nitrogen and oxygen atoms in total. The van der Waals surface area contributed by atoms with Crippen molar-refractivity contribution in [1.82, 2.24) is 0 Å². The lowest BCUT2D eigenvalue weighted by atomic mass is 9.73. The first-order chi connectivity index (χ1) is 36.4. The first-order valence-electron chi connectivity index (χ1n) is 22.0. The van der Waals surface area contributed by atoms with Gasteiger partial charge in [0.15, 0.2) is 0 Å². The maximum absolute atomic E-state index is 15.2. The molecule has 27 heteroatoms. The second kappa shape index (κ2) is 21.9. The lowest BCUT2D eigenvalue weighted by molar-refractivity contribution is -0.290. The lowest BCUT2D eigenvalue weighted by Crippen LogP contribution is -2.54. The molecule has 7 aromatic carbocycles. The van der Waals surface area contributed by atoms with Crippen LogP contribution >= 0.6 is 47.0 Å². The predicted octanol–water partition coefficient (Wildman–Crippen LogP) is 17.6. The predicted molar refractivity (Wildman–Crippen MR) is 265 cm³/mol. The summed E-state index contributed by atoms with van der Waals surface area (Å²) in [6.45, 7) is 3.18. The SMILES string of the molecule is Cc1ccc(C(c2ccc(Sc3cc(Sc4ccc(C(c5ccc(Sc6ccc(S(=O)(=O)c7ccc(C)cc7)cc6)cc5)(C(F)(F)F)C(F)(F)F)cc4)ccc3SC(F)(F)C(F)(F)S(=O)(=O)O)cc2)(C(F)(F)F)C(F)(F)F)cc1. The molecule has 7 rings (SSSR count). The molecule has 0 radical (unpaired) electrons. The third kappa shape index (κ3) is 11.9. The van der Waals surface area contributed by atoms with Crippen molar-refractivity contribution in [3.63, 3.8) is 0 Å². The summed E-state index contributed by atoms with van der Waals surface area (Å²) in [5.74, 6) is 0. The Morgan fingerprint density at radius 2 is 0.633 bits per heavy atom. The summed E-state index contributed by atoms with van der Waals surface area (Å²) in [5, 5.41) is -11.8. The number of benzene rings is 7. The molecular formula is C52H34F16O5S6. The molecule has 79 heavy (non-hydrogen) atoms. The molecule has 0 aromatic heterocycles. The molecule has 0 fully saturated rings. The summed E-state index contributed by atoms with van der Waals surface area (Å²) < 4.78 is 296. The van der Waals surface area contributed by atoms with Gasteiger partial charge in [-0.2, -0.15) is 78.7 Å². The van der Waals surface area contributed by atoms with Gasteiger partial charge in [-0.3, -0.25) is 4.55 Å². The molecule has 0 atom stereocenters. The monoisotopic (exact) mass is 1230 g/mol. The van der Waals surface area contributed by atoms with E-state index in [-0.39, 0.29) is 41.1 Å². The van der Waals surface area contributed by atoms with Gasteiger partial charge < -0.3 is 0 Å². The van der Waals surface area contributed by atoms with Crippen molar-refractivity contribution in [3.05, 3.63) is 197 Å². The Bertz CT molecular complexity index is 3510. The van der Waals surface area contributed by atoms with E-state index in [4.69, 9.17) is 4.55 Å². The van der Waals surface area contributed by atoms with Gasteiger partial charge in [0.05, 0.1) is 9.79 Å². The fraction of sp³-hybridized carbons (Fsp3) is 0.192. The molecule has 0 spiro atoms. The molecule has 420 valence electrons. The van der Waals surface area contributed by atoms with Crippen molar-refractivity contribution < 1.29 is 91.6 Å². The summed E-state index contributed by atoms with van der Waals surface area (Å²) in [7, 11) is -10.7. The van der Waals surface area contributed by atoms with Crippen molar-refractivity contribution >= 4 is 67.0 Å². The first-order valence-corrected chi connectivity index (χ1v) is 28.2. The van der Waals surface area contributed by atoms with Crippen LogP contribution < -0.4 is 0 Å². The van der Waals surface area contributed by atoms with Crippen LogP contribution in [0.15, 0.2) is 208 Å². The average molecular weight is 1240 g/mol. The fourth-order valence-electron chi connectivity index (χ4n) is 8.09. The minimum Gasteiger partial charge on any atom is -0.281 e. The van der Waals surface area contributed by atoms with Crippen molar-refractivity contribution in [2.75, 3.05) is 0 Å². The zero-order valence-corrected chi connectivity index (χ0v) is 44.6. The lowest BCUT2D eigenvalue weighted by Gasteiger charge is -2.38. The zero-order valence-electron chi connectivity index (χ0n) is 39.7. The van der Waals surface area contributed by atoms with E-state index in [1.54, 1.807) is 19.1 Å².